The van der Waals surface area contributed by atoms with E-state index in [0.717, 1.165) is 24.3 Å². The highest BCUT2D eigenvalue weighted by molar-refractivity contribution is 7.80. The second-order valence-corrected chi connectivity index (χ2v) is 4.55. The summed E-state index contributed by atoms with van der Waals surface area (Å²) in [5.41, 5.74) is 6.69. The summed E-state index contributed by atoms with van der Waals surface area (Å²) in [5.74, 6) is 1.67. The Morgan fingerprint density at radius 2 is 1.56 bits per heavy atom. The van der Waals surface area contributed by atoms with E-state index in [1.807, 2.05) is 54.6 Å². The van der Waals surface area contributed by atoms with Crippen LogP contribution in [0.3, 0.4) is 0 Å². The fourth-order valence-electron chi connectivity index (χ4n) is 1.62. The minimum Gasteiger partial charge on any atom is -0.457 e. The molecule has 2 aromatic rings. The zero-order valence-electron chi connectivity index (χ0n) is 10.0. The van der Waals surface area contributed by atoms with Crippen molar-refractivity contribution in [2.45, 2.75) is 12.8 Å². The van der Waals surface area contributed by atoms with Crippen molar-refractivity contribution in [3.8, 4) is 11.5 Å². The van der Waals surface area contributed by atoms with E-state index >= 15 is 0 Å². The number of benzene rings is 2. The SMILES string of the molecule is NC(=S)CCc1ccc(Oc2ccccc2)cc1. The number of para-hydroxylation sites is 1. The molecule has 2 nitrogen and oxygen atoms in total. The van der Waals surface area contributed by atoms with E-state index in [4.69, 9.17) is 22.7 Å². The summed E-state index contributed by atoms with van der Waals surface area (Å²) < 4.78 is 5.71. The summed E-state index contributed by atoms with van der Waals surface area (Å²) in [6, 6.07) is 17.7. The van der Waals surface area contributed by atoms with Crippen LogP contribution in [0.2, 0.25) is 0 Å². The van der Waals surface area contributed by atoms with Crippen LogP contribution in [0.5, 0.6) is 11.5 Å². The van der Waals surface area contributed by atoms with Crippen molar-refractivity contribution in [3.05, 3.63) is 60.2 Å². The molecule has 18 heavy (non-hydrogen) atoms. The van der Waals surface area contributed by atoms with E-state index in [-0.39, 0.29) is 0 Å². The Morgan fingerprint density at radius 1 is 0.944 bits per heavy atom. The maximum absolute atomic E-state index is 5.71. The lowest BCUT2D eigenvalue weighted by Crippen LogP contribution is -2.08. The van der Waals surface area contributed by atoms with Gasteiger partial charge in [0.05, 0.1) is 4.99 Å². The van der Waals surface area contributed by atoms with Gasteiger partial charge in [-0.2, -0.15) is 0 Å². The second kappa shape index (κ2) is 6.17. The first-order chi connectivity index (χ1) is 8.74. The van der Waals surface area contributed by atoms with Crippen LogP contribution in [0.1, 0.15) is 12.0 Å². The van der Waals surface area contributed by atoms with Crippen LogP contribution < -0.4 is 10.5 Å². The maximum Gasteiger partial charge on any atom is 0.127 e. The Bertz CT molecular complexity index is 508. The minimum atomic E-state index is 0.555. The van der Waals surface area contributed by atoms with Crippen molar-refractivity contribution in [3.63, 3.8) is 0 Å². The van der Waals surface area contributed by atoms with E-state index in [9.17, 15) is 0 Å². The van der Waals surface area contributed by atoms with E-state index in [1.54, 1.807) is 0 Å². The van der Waals surface area contributed by atoms with Crippen molar-refractivity contribution >= 4 is 17.2 Å². The predicted octanol–water partition coefficient (Wildman–Crippen LogP) is 3.70. The first-order valence-corrected chi connectivity index (χ1v) is 6.25. The van der Waals surface area contributed by atoms with Crippen LogP contribution >= 0.6 is 12.2 Å². The highest BCUT2D eigenvalue weighted by Crippen LogP contribution is 2.21. The molecule has 2 aromatic carbocycles. The monoisotopic (exact) mass is 257 g/mol. The average Bonchev–Trinajstić information content (AvgIpc) is 2.39. The molecule has 0 saturated heterocycles. The molecule has 0 fully saturated rings. The van der Waals surface area contributed by atoms with E-state index in [2.05, 4.69) is 0 Å². The lowest BCUT2D eigenvalue weighted by molar-refractivity contribution is 0.482. The maximum atomic E-state index is 5.71. The van der Waals surface area contributed by atoms with Crippen molar-refractivity contribution < 1.29 is 4.74 Å². The van der Waals surface area contributed by atoms with E-state index in [1.165, 1.54) is 5.56 Å². The number of hydrogen-bond acceptors (Lipinski definition) is 2. The number of thiocarbonyl (C=S) groups is 1. The van der Waals surface area contributed by atoms with Crippen LogP contribution in [-0.4, -0.2) is 4.99 Å². The fourth-order valence-corrected chi connectivity index (χ4v) is 1.72. The minimum absolute atomic E-state index is 0.555. The third-order valence-corrected chi connectivity index (χ3v) is 2.77. The van der Waals surface area contributed by atoms with Crippen molar-refractivity contribution in [2.24, 2.45) is 5.73 Å². The highest BCUT2D eigenvalue weighted by Gasteiger charge is 1.98. The summed E-state index contributed by atoms with van der Waals surface area (Å²) in [6.45, 7) is 0. The number of hydrogen-bond donors (Lipinski definition) is 1. The molecule has 0 radical (unpaired) electrons. The first-order valence-electron chi connectivity index (χ1n) is 5.84. The van der Waals surface area contributed by atoms with Crippen molar-refractivity contribution in [1.29, 1.82) is 0 Å². The standard InChI is InChI=1S/C15H15NOS/c16-15(18)11-8-12-6-9-14(10-7-12)17-13-4-2-1-3-5-13/h1-7,9-10H,8,11H2,(H2,16,18). The van der Waals surface area contributed by atoms with Crippen LogP contribution in [0.15, 0.2) is 54.6 Å². The van der Waals surface area contributed by atoms with Crippen LogP contribution in [0.25, 0.3) is 0 Å². The van der Waals surface area contributed by atoms with Gasteiger partial charge in [-0.15, -0.1) is 0 Å². The van der Waals surface area contributed by atoms with Gasteiger partial charge in [0.15, 0.2) is 0 Å². The molecule has 92 valence electrons. The molecule has 0 bridgehead atoms. The molecule has 0 saturated carbocycles. The van der Waals surface area contributed by atoms with Gasteiger partial charge >= 0.3 is 0 Å². The molecule has 0 unspecified atom stereocenters. The molecule has 0 aromatic heterocycles. The lowest BCUT2D eigenvalue weighted by atomic mass is 10.1. The van der Waals surface area contributed by atoms with Gasteiger partial charge in [-0.3, -0.25) is 0 Å². The average molecular weight is 257 g/mol. The third kappa shape index (κ3) is 3.86. The molecule has 0 atom stereocenters. The Balaban J connectivity index is 1.97. The van der Waals surface area contributed by atoms with Gasteiger partial charge in [-0.1, -0.05) is 42.5 Å². The molecule has 0 amide bonds. The molecular formula is C15H15NOS. The summed E-state index contributed by atoms with van der Waals surface area (Å²) >= 11 is 4.86. The Morgan fingerprint density at radius 3 is 2.17 bits per heavy atom. The van der Waals surface area contributed by atoms with Crippen LogP contribution in [-0.2, 0) is 6.42 Å². The van der Waals surface area contributed by atoms with Gasteiger partial charge in [0.1, 0.15) is 11.5 Å². The number of nitrogens with two attached hydrogens (primary N) is 1. The first kappa shape index (κ1) is 12.6. The molecule has 2 rings (SSSR count). The van der Waals surface area contributed by atoms with E-state index in [0.29, 0.717) is 4.99 Å². The van der Waals surface area contributed by atoms with Crippen molar-refractivity contribution in [2.75, 3.05) is 0 Å². The molecule has 2 N–H and O–H groups in total. The van der Waals surface area contributed by atoms with Crippen LogP contribution in [0.4, 0.5) is 0 Å². The quantitative estimate of drug-likeness (QED) is 0.830. The summed E-state index contributed by atoms with van der Waals surface area (Å²) in [5, 5.41) is 0. The summed E-state index contributed by atoms with van der Waals surface area (Å²) in [7, 11) is 0. The lowest BCUT2D eigenvalue weighted by Gasteiger charge is -2.06. The van der Waals surface area contributed by atoms with Gasteiger partial charge in [0.25, 0.3) is 0 Å². The molecule has 0 aliphatic heterocycles. The zero-order chi connectivity index (χ0) is 12.8. The van der Waals surface area contributed by atoms with Gasteiger partial charge in [0, 0.05) is 6.42 Å². The van der Waals surface area contributed by atoms with Gasteiger partial charge in [-0.25, -0.2) is 0 Å². The Labute approximate surface area is 112 Å². The molecule has 0 spiro atoms. The molecular weight excluding hydrogens is 242 g/mol. The van der Waals surface area contributed by atoms with Crippen molar-refractivity contribution in [1.82, 2.24) is 0 Å². The second-order valence-electron chi connectivity index (χ2n) is 4.03. The Hall–Kier alpha value is -1.87. The largest absolute Gasteiger partial charge is 0.457 e. The van der Waals surface area contributed by atoms with Gasteiger partial charge in [-0.05, 0) is 36.2 Å². The number of ether oxygens (including phenoxy) is 1. The topological polar surface area (TPSA) is 35.2 Å². The smallest absolute Gasteiger partial charge is 0.127 e. The van der Waals surface area contributed by atoms with Gasteiger partial charge < -0.3 is 10.5 Å². The number of aryl methyl sites for hydroxylation is 1. The fraction of sp³-hybridized carbons (Fsp3) is 0.133. The summed E-state index contributed by atoms with van der Waals surface area (Å²) in [6.07, 6.45) is 1.62. The van der Waals surface area contributed by atoms with Crippen LogP contribution in [0, 0.1) is 0 Å². The predicted molar refractivity (Wildman–Crippen MR) is 78.1 cm³/mol. The molecule has 0 aliphatic carbocycles. The van der Waals surface area contributed by atoms with Gasteiger partial charge in [0.2, 0.25) is 0 Å². The Kier molecular flexibility index (Phi) is 4.31. The summed E-state index contributed by atoms with van der Waals surface area (Å²) in [4.78, 5) is 0.555. The van der Waals surface area contributed by atoms with E-state index < -0.39 is 0 Å². The number of rotatable bonds is 5. The normalized spacial score (nSPS) is 10.0. The molecule has 0 aliphatic rings. The zero-order valence-corrected chi connectivity index (χ0v) is 10.8. The third-order valence-electron chi connectivity index (χ3n) is 2.56. The molecule has 3 heteroatoms. The highest BCUT2D eigenvalue weighted by atomic mass is 32.1. The molecule has 0 heterocycles.